The van der Waals surface area contributed by atoms with Crippen molar-refractivity contribution in [2.45, 2.75) is 44.6 Å². The van der Waals surface area contributed by atoms with Gasteiger partial charge in [-0.3, -0.25) is 4.79 Å². The van der Waals surface area contributed by atoms with E-state index in [4.69, 9.17) is 17.3 Å². The molecule has 2 unspecified atom stereocenters. The first-order chi connectivity index (χ1) is 10.6. The molecule has 2 aliphatic carbocycles. The molecule has 2 fully saturated rings. The average molecular weight is 321 g/mol. The van der Waals surface area contributed by atoms with Crippen molar-refractivity contribution in [1.29, 1.82) is 0 Å². The van der Waals surface area contributed by atoms with E-state index in [0.29, 0.717) is 24.4 Å². The molecule has 1 amide bonds. The fourth-order valence-electron chi connectivity index (χ4n) is 4.17. The highest BCUT2D eigenvalue weighted by Gasteiger charge is 2.40. The highest BCUT2D eigenvalue weighted by Crippen LogP contribution is 2.41. The lowest BCUT2D eigenvalue weighted by atomic mass is 9.65. The standard InChI is InChI=1S/C18H25ClN2O/c19-16-6-1-3-12(9-16)7-8-21-18(22)15-10-13-4-2-5-14(11-15)17(13)20/h1,3,6,9,13-15,17H,2,4-5,7-8,10-11,20H2,(H,21,22). The smallest absolute Gasteiger partial charge is 0.223 e. The van der Waals surface area contributed by atoms with Crippen LogP contribution in [0.2, 0.25) is 5.02 Å². The van der Waals surface area contributed by atoms with E-state index in [2.05, 4.69) is 5.32 Å². The van der Waals surface area contributed by atoms with Crippen molar-refractivity contribution in [2.75, 3.05) is 6.54 Å². The van der Waals surface area contributed by atoms with Crippen molar-refractivity contribution in [3.63, 3.8) is 0 Å². The molecule has 2 saturated carbocycles. The van der Waals surface area contributed by atoms with Gasteiger partial charge in [-0.15, -0.1) is 0 Å². The minimum absolute atomic E-state index is 0.162. The van der Waals surface area contributed by atoms with Crippen LogP contribution in [-0.4, -0.2) is 18.5 Å². The maximum atomic E-state index is 12.4. The zero-order valence-corrected chi connectivity index (χ0v) is 13.7. The molecule has 2 bridgehead atoms. The molecular formula is C18H25ClN2O. The van der Waals surface area contributed by atoms with Gasteiger partial charge in [0.2, 0.25) is 5.91 Å². The van der Waals surface area contributed by atoms with E-state index in [1.54, 1.807) is 0 Å². The van der Waals surface area contributed by atoms with Crippen LogP contribution in [0.1, 0.15) is 37.7 Å². The minimum Gasteiger partial charge on any atom is -0.356 e. The Morgan fingerprint density at radius 3 is 2.68 bits per heavy atom. The Bertz CT molecular complexity index is 520. The molecule has 2 aliphatic rings. The minimum atomic E-state index is 0.162. The van der Waals surface area contributed by atoms with Crippen LogP contribution < -0.4 is 11.1 Å². The third-order valence-electron chi connectivity index (χ3n) is 5.39. The molecule has 2 atom stereocenters. The van der Waals surface area contributed by atoms with Crippen molar-refractivity contribution in [2.24, 2.45) is 23.5 Å². The summed E-state index contributed by atoms with van der Waals surface area (Å²) >= 11 is 5.98. The van der Waals surface area contributed by atoms with Gasteiger partial charge in [-0.25, -0.2) is 0 Å². The highest BCUT2D eigenvalue weighted by atomic mass is 35.5. The largest absolute Gasteiger partial charge is 0.356 e. The van der Waals surface area contributed by atoms with E-state index in [9.17, 15) is 4.79 Å². The van der Waals surface area contributed by atoms with Crippen molar-refractivity contribution >= 4 is 17.5 Å². The predicted octanol–water partition coefficient (Wildman–Crippen LogP) is 3.15. The van der Waals surface area contributed by atoms with Gasteiger partial charge in [-0.2, -0.15) is 0 Å². The monoisotopic (exact) mass is 320 g/mol. The van der Waals surface area contributed by atoms with Gasteiger partial charge >= 0.3 is 0 Å². The van der Waals surface area contributed by atoms with Gasteiger partial charge < -0.3 is 11.1 Å². The molecule has 4 heteroatoms. The number of carbonyl (C=O) groups excluding carboxylic acids is 1. The van der Waals surface area contributed by atoms with Crippen molar-refractivity contribution < 1.29 is 4.79 Å². The number of carbonyl (C=O) groups is 1. The third kappa shape index (κ3) is 3.64. The number of hydrogen-bond acceptors (Lipinski definition) is 2. The van der Waals surface area contributed by atoms with E-state index in [1.165, 1.54) is 19.3 Å². The number of hydrogen-bond donors (Lipinski definition) is 2. The first kappa shape index (κ1) is 15.8. The molecule has 3 rings (SSSR count). The Kier molecular flexibility index (Phi) is 5.04. The number of nitrogens with one attached hydrogen (secondary N) is 1. The van der Waals surface area contributed by atoms with Crippen molar-refractivity contribution in [3.8, 4) is 0 Å². The topological polar surface area (TPSA) is 55.1 Å². The summed E-state index contributed by atoms with van der Waals surface area (Å²) in [5, 5.41) is 3.85. The van der Waals surface area contributed by atoms with E-state index in [0.717, 1.165) is 29.8 Å². The highest BCUT2D eigenvalue weighted by molar-refractivity contribution is 6.30. The Morgan fingerprint density at radius 1 is 1.27 bits per heavy atom. The average Bonchev–Trinajstić information content (AvgIpc) is 2.47. The van der Waals surface area contributed by atoms with Crippen LogP contribution >= 0.6 is 11.6 Å². The van der Waals surface area contributed by atoms with E-state index < -0.39 is 0 Å². The van der Waals surface area contributed by atoms with Crippen LogP contribution in [0.5, 0.6) is 0 Å². The van der Waals surface area contributed by atoms with E-state index >= 15 is 0 Å². The maximum Gasteiger partial charge on any atom is 0.223 e. The summed E-state index contributed by atoms with van der Waals surface area (Å²) in [6, 6.07) is 8.14. The predicted molar refractivity (Wildman–Crippen MR) is 89.7 cm³/mol. The fourth-order valence-corrected chi connectivity index (χ4v) is 4.38. The van der Waals surface area contributed by atoms with Gasteiger partial charge in [0.25, 0.3) is 0 Å². The van der Waals surface area contributed by atoms with Crippen LogP contribution in [0.25, 0.3) is 0 Å². The molecule has 22 heavy (non-hydrogen) atoms. The number of rotatable bonds is 4. The Hall–Kier alpha value is -1.06. The van der Waals surface area contributed by atoms with Crippen LogP contribution in [0, 0.1) is 17.8 Å². The van der Waals surface area contributed by atoms with E-state index in [-0.39, 0.29) is 11.8 Å². The van der Waals surface area contributed by atoms with Crippen LogP contribution in [0.3, 0.4) is 0 Å². The summed E-state index contributed by atoms with van der Waals surface area (Å²) in [5.74, 6) is 1.48. The number of amides is 1. The normalized spacial score (nSPS) is 30.8. The quantitative estimate of drug-likeness (QED) is 0.895. The van der Waals surface area contributed by atoms with Crippen molar-refractivity contribution in [3.05, 3.63) is 34.9 Å². The second-order valence-electron chi connectivity index (χ2n) is 6.87. The Labute approximate surface area is 137 Å². The van der Waals surface area contributed by atoms with Gasteiger partial charge in [-0.1, -0.05) is 30.2 Å². The SMILES string of the molecule is NC1C2CCCC1CC(C(=O)NCCc1cccc(Cl)c1)C2. The van der Waals surface area contributed by atoms with Gasteiger partial charge in [0, 0.05) is 23.5 Å². The van der Waals surface area contributed by atoms with Crippen LogP contribution in [0.15, 0.2) is 24.3 Å². The lowest BCUT2D eigenvalue weighted by Crippen LogP contribution is -2.49. The molecule has 0 spiro atoms. The number of nitrogens with two attached hydrogens (primary N) is 1. The van der Waals surface area contributed by atoms with Gasteiger partial charge in [0.1, 0.15) is 0 Å². The summed E-state index contributed by atoms with van der Waals surface area (Å²) in [6.45, 7) is 0.678. The number of benzene rings is 1. The first-order valence-corrected chi connectivity index (χ1v) is 8.79. The lowest BCUT2D eigenvalue weighted by molar-refractivity contribution is -0.127. The van der Waals surface area contributed by atoms with Crippen LogP contribution in [-0.2, 0) is 11.2 Å². The molecule has 1 aromatic carbocycles. The zero-order chi connectivity index (χ0) is 15.5. The van der Waals surface area contributed by atoms with Gasteiger partial charge in [0.15, 0.2) is 0 Å². The van der Waals surface area contributed by atoms with Crippen LogP contribution in [0.4, 0.5) is 0 Å². The summed E-state index contributed by atoms with van der Waals surface area (Å²) in [4.78, 5) is 12.4. The van der Waals surface area contributed by atoms with Crippen molar-refractivity contribution in [1.82, 2.24) is 5.32 Å². The Balaban J connectivity index is 1.48. The summed E-state index contributed by atoms with van der Waals surface area (Å²) in [6.07, 6.45) is 6.45. The second kappa shape index (κ2) is 7.01. The molecule has 3 N–H and O–H groups in total. The summed E-state index contributed by atoms with van der Waals surface area (Å²) in [5.41, 5.74) is 7.46. The number of fused-ring (bicyclic) bond motifs is 2. The lowest BCUT2D eigenvalue weighted by Gasteiger charge is -2.43. The molecule has 3 nitrogen and oxygen atoms in total. The first-order valence-electron chi connectivity index (χ1n) is 8.41. The fraction of sp³-hybridized carbons (Fsp3) is 0.611. The second-order valence-corrected chi connectivity index (χ2v) is 7.30. The molecule has 120 valence electrons. The number of halogens is 1. The summed E-state index contributed by atoms with van der Waals surface area (Å²) < 4.78 is 0. The molecule has 0 aliphatic heterocycles. The zero-order valence-electron chi connectivity index (χ0n) is 12.9. The molecule has 0 saturated heterocycles. The molecule has 0 aromatic heterocycles. The van der Waals surface area contributed by atoms with Gasteiger partial charge in [-0.05, 0) is 61.6 Å². The Morgan fingerprint density at radius 2 is 2.00 bits per heavy atom. The third-order valence-corrected chi connectivity index (χ3v) is 5.62. The molecule has 0 radical (unpaired) electrons. The molecular weight excluding hydrogens is 296 g/mol. The maximum absolute atomic E-state index is 12.4. The summed E-state index contributed by atoms with van der Waals surface area (Å²) in [7, 11) is 0. The van der Waals surface area contributed by atoms with Gasteiger partial charge in [0.05, 0.1) is 0 Å². The molecule has 0 heterocycles. The van der Waals surface area contributed by atoms with E-state index in [1.807, 2.05) is 24.3 Å². The molecule has 1 aromatic rings.